The van der Waals surface area contributed by atoms with Crippen LogP contribution in [0.5, 0.6) is 0 Å². The Labute approximate surface area is 141 Å². The quantitative estimate of drug-likeness (QED) is 0.770. The molecule has 0 atom stereocenters. The summed E-state index contributed by atoms with van der Waals surface area (Å²) in [7, 11) is 1.51. The van der Waals surface area contributed by atoms with Crippen molar-refractivity contribution in [3.8, 4) is 0 Å². The van der Waals surface area contributed by atoms with Gasteiger partial charge in [-0.05, 0) is 38.0 Å². The number of nitrogens with zero attached hydrogens (tertiary/aromatic N) is 2. The van der Waals surface area contributed by atoms with Crippen LogP contribution in [0.3, 0.4) is 0 Å². The summed E-state index contributed by atoms with van der Waals surface area (Å²) in [5.41, 5.74) is 0.660. The number of carbonyl (C=O) groups is 2. The average molecular weight is 336 g/mol. The molecule has 0 spiro atoms. The third-order valence-electron chi connectivity index (χ3n) is 2.96. The van der Waals surface area contributed by atoms with E-state index in [1.165, 1.54) is 24.3 Å². The zero-order valence-corrected chi connectivity index (χ0v) is 14.5. The lowest BCUT2D eigenvalue weighted by molar-refractivity contribution is 0.0255. The summed E-state index contributed by atoms with van der Waals surface area (Å²) in [5, 5.41) is 9.05. The molecule has 7 heteroatoms. The van der Waals surface area contributed by atoms with Crippen molar-refractivity contribution in [2.45, 2.75) is 39.5 Å². The van der Waals surface area contributed by atoms with Gasteiger partial charge in [0.2, 0.25) is 0 Å². The first kappa shape index (κ1) is 19.6. The van der Waals surface area contributed by atoms with Gasteiger partial charge in [-0.1, -0.05) is 6.08 Å². The van der Waals surface area contributed by atoms with Crippen LogP contribution in [0.2, 0.25) is 0 Å². The molecule has 0 unspecified atom stereocenters. The lowest BCUT2D eigenvalue weighted by atomic mass is 10.1. The number of pyridine rings is 1. The molecular weight excluding hydrogens is 312 g/mol. The molecule has 0 aromatic carbocycles. The van der Waals surface area contributed by atoms with Gasteiger partial charge < -0.3 is 19.5 Å². The van der Waals surface area contributed by atoms with Crippen LogP contribution < -0.4 is 0 Å². The summed E-state index contributed by atoms with van der Waals surface area (Å²) >= 11 is 0. The zero-order valence-electron chi connectivity index (χ0n) is 14.5. The van der Waals surface area contributed by atoms with Crippen LogP contribution in [0.1, 0.15) is 42.4 Å². The number of amides is 1. The highest BCUT2D eigenvalue weighted by Crippen LogP contribution is 2.17. The fourth-order valence-corrected chi connectivity index (χ4v) is 1.97. The molecule has 1 rings (SSSR count). The van der Waals surface area contributed by atoms with Crippen LogP contribution >= 0.6 is 0 Å². The van der Waals surface area contributed by atoms with E-state index in [-0.39, 0.29) is 18.8 Å². The van der Waals surface area contributed by atoms with Gasteiger partial charge in [-0.2, -0.15) is 0 Å². The second-order valence-electron chi connectivity index (χ2n) is 6.23. The smallest absolute Gasteiger partial charge is 0.410 e. The number of hydrogen-bond acceptors (Lipinski definition) is 5. The minimum Gasteiger partial charge on any atom is -0.477 e. The molecule has 0 aliphatic carbocycles. The van der Waals surface area contributed by atoms with Gasteiger partial charge in [-0.3, -0.25) is 0 Å². The number of carbonyl (C=O) groups excluding carboxylic acids is 1. The van der Waals surface area contributed by atoms with Crippen LogP contribution in [0, 0.1) is 0 Å². The van der Waals surface area contributed by atoms with Gasteiger partial charge in [0.25, 0.3) is 0 Å². The van der Waals surface area contributed by atoms with E-state index in [1.807, 2.05) is 0 Å². The van der Waals surface area contributed by atoms with Crippen molar-refractivity contribution in [3.05, 3.63) is 41.7 Å². The number of rotatable bonds is 7. The molecule has 0 bridgehead atoms. The summed E-state index contributed by atoms with van der Waals surface area (Å²) in [6.07, 6.45) is 2.56. The van der Waals surface area contributed by atoms with Gasteiger partial charge in [0, 0.05) is 19.9 Å². The summed E-state index contributed by atoms with van der Waals surface area (Å²) in [4.78, 5) is 28.7. The van der Waals surface area contributed by atoms with Crippen molar-refractivity contribution in [1.29, 1.82) is 0 Å². The number of methoxy groups -OCH3 is 1. The molecule has 24 heavy (non-hydrogen) atoms. The normalized spacial score (nSPS) is 11.0. The maximum atomic E-state index is 12.3. The molecule has 0 fully saturated rings. The number of hydrogen-bond donors (Lipinski definition) is 1. The molecule has 1 aromatic rings. The monoisotopic (exact) mass is 336 g/mol. The van der Waals surface area contributed by atoms with E-state index in [1.54, 1.807) is 26.8 Å². The first-order chi connectivity index (χ1) is 11.2. The number of carboxylic acids is 1. The Morgan fingerprint density at radius 2 is 2.04 bits per heavy atom. The average Bonchev–Trinajstić information content (AvgIpc) is 2.46. The Morgan fingerprint density at radius 3 is 2.54 bits per heavy atom. The third kappa shape index (κ3) is 6.00. The van der Waals surface area contributed by atoms with E-state index in [9.17, 15) is 9.59 Å². The van der Waals surface area contributed by atoms with Gasteiger partial charge in [-0.15, -0.1) is 6.58 Å². The molecule has 132 valence electrons. The molecule has 0 radical (unpaired) electrons. The first-order valence-electron chi connectivity index (χ1n) is 7.46. The van der Waals surface area contributed by atoms with E-state index in [0.717, 1.165) is 0 Å². The van der Waals surface area contributed by atoms with Crippen LogP contribution in [-0.2, 0) is 22.6 Å². The number of ether oxygens (including phenoxy) is 2. The fraction of sp³-hybridized carbons (Fsp3) is 0.471. The molecule has 1 N–H and O–H groups in total. The molecule has 0 aliphatic heterocycles. The molecular formula is C17H24N2O5. The predicted octanol–water partition coefficient (Wildman–Crippen LogP) is 2.85. The Morgan fingerprint density at radius 1 is 1.38 bits per heavy atom. The number of aromatic nitrogens is 1. The van der Waals surface area contributed by atoms with Crippen LogP contribution in [0.25, 0.3) is 0 Å². The first-order valence-corrected chi connectivity index (χ1v) is 7.46. The van der Waals surface area contributed by atoms with Crippen molar-refractivity contribution < 1.29 is 24.2 Å². The van der Waals surface area contributed by atoms with E-state index < -0.39 is 17.7 Å². The van der Waals surface area contributed by atoms with Crippen LogP contribution in [0.15, 0.2) is 24.9 Å². The van der Waals surface area contributed by atoms with Crippen molar-refractivity contribution in [3.63, 3.8) is 0 Å². The molecule has 1 amide bonds. The summed E-state index contributed by atoms with van der Waals surface area (Å²) in [6, 6.07) is 1.45. The van der Waals surface area contributed by atoms with Gasteiger partial charge in [-0.25, -0.2) is 14.6 Å². The third-order valence-corrected chi connectivity index (χ3v) is 2.96. The standard InChI is InChI=1S/C17H24N2O5/c1-6-7-19(16(22)24-17(2,3)4)10-13-9-18-14(15(20)21)8-12(13)11-23-5/h6,8-9H,1,7,10-11H2,2-5H3,(H,20,21). The molecule has 1 aromatic heterocycles. The Kier molecular flexibility index (Phi) is 6.91. The van der Waals surface area contributed by atoms with E-state index in [4.69, 9.17) is 14.6 Å². The summed E-state index contributed by atoms with van der Waals surface area (Å²) in [6.45, 7) is 9.74. The van der Waals surface area contributed by atoms with Gasteiger partial charge in [0.1, 0.15) is 11.3 Å². The molecule has 0 saturated carbocycles. The van der Waals surface area contributed by atoms with Crippen molar-refractivity contribution in [1.82, 2.24) is 9.88 Å². The SMILES string of the molecule is C=CCN(Cc1cnc(C(=O)O)cc1COC)C(=O)OC(C)(C)C. The minimum atomic E-state index is -1.12. The zero-order chi connectivity index (χ0) is 18.3. The highest BCUT2D eigenvalue weighted by molar-refractivity contribution is 5.85. The second-order valence-corrected chi connectivity index (χ2v) is 6.23. The molecule has 0 aliphatic rings. The van der Waals surface area contributed by atoms with Gasteiger partial charge in [0.05, 0.1) is 13.2 Å². The van der Waals surface area contributed by atoms with E-state index in [2.05, 4.69) is 11.6 Å². The van der Waals surface area contributed by atoms with Crippen LogP contribution in [-0.4, -0.2) is 46.3 Å². The summed E-state index contributed by atoms with van der Waals surface area (Å²) in [5.74, 6) is -1.12. The minimum absolute atomic E-state index is 0.0710. The van der Waals surface area contributed by atoms with Crippen molar-refractivity contribution in [2.75, 3.05) is 13.7 Å². The maximum absolute atomic E-state index is 12.3. The highest BCUT2D eigenvalue weighted by atomic mass is 16.6. The lowest BCUT2D eigenvalue weighted by Crippen LogP contribution is -2.36. The predicted molar refractivity (Wildman–Crippen MR) is 88.8 cm³/mol. The molecule has 0 saturated heterocycles. The Bertz CT molecular complexity index is 607. The van der Waals surface area contributed by atoms with Crippen molar-refractivity contribution >= 4 is 12.1 Å². The Hall–Kier alpha value is -2.41. The summed E-state index contributed by atoms with van der Waals surface area (Å²) < 4.78 is 10.5. The van der Waals surface area contributed by atoms with Crippen molar-refractivity contribution in [2.24, 2.45) is 0 Å². The Balaban J connectivity index is 3.06. The maximum Gasteiger partial charge on any atom is 0.410 e. The van der Waals surface area contributed by atoms with Gasteiger partial charge in [0.15, 0.2) is 0 Å². The van der Waals surface area contributed by atoms with Crippen LogP contribution in [0.4, 0.5) is 4.79 Å². The van der Waals surface area contributed by atoms with Gasteiger partial charge >= 0.3 is 12.1 Å². The fourth-order valence-electron chi connectivity index (χ4n) is 1.97. The topological polar surface area (TPSA) is 89.0 Å². The van der Waals surface area contributed by atoms with E-state index in [0.29, 0.717) is 17.7 Å². The molecule has 7 nitrogen and oxygen atoms in total. The second kappa shape index (κ2) is 8.44. The largest absolute Gasteiger partial charge is 0.477 e. The molecule has 1 heterocycles. The highest BCUT2D eigenvalue weighted by Gasteiger charge is 2.22. The number of carboxylic acid groups (broad SMARTS) is 1. The number of aromatic carboxylic acids is 1. The van der Waals surface area contributed by atoms with E-state index >= 15 is 0 Å². The lowest BCUT2D eigenvalue weighted by Gasteiger charge is -2.27.